The van der Waals surface area contributed by atoms with Crippen LogP contribution in [0.1, 0.15) is 5.56 Å². The van der Waals surface area contributed by atoms with Gasteiger partial charge >= 0.3 is 0 Å². The second kappa shape index (κ2) is 5.66. The number of hydrazone groups is 1. The van der Waals surface area contributed by atoms with E-state index in [1.165, 1.54) is 0 Å². The van der Waals surface area contributed by atoms with Crippen LogP contribution in [0.3, 0.4) is 0 Å². The number of hydrogen-bond donors (Lipinski definition) is 1. The zero-order valence-corrected chi connectivity index (χ0v) is 10.3. The van der Waals surface area contributed by atoms with Crippen LogP contribution >= 0.6 is 23.2 Å². The van der Waals surface area contributed by atoms with Crippen LogP contribution in [-0.4, -0.2) is 11.2 Å². The summed E-state index contributed by atoms with van der Waals surface area (Å²) >= 11 is 11.8. The van der Waals surface area contributed by atoms with Crippen molar-refractivity contribution < 1.29 is 0 Å². The number of anilines is 1. The fourth-order valence-electron chi connectivity index (χ4n) is 1.21. The number of nitrogens with zero attached hydrogens (tertiary/aromatic N) is 2. The number of hydrogen-bond acceptors (Lipinski definition) is 3. The number of nitrogens with one attached hydrogen (secondary N) is 1. The summed E-state index contributed by atoms with van der Waals surface area (Å²) in [4.78, 5) is 4.05. The first kappa shape index (κ1) is 11.9. The summed E-state index contributed by atoms with van der Waals surface area (Å²) in [5.41, 5.74) is 3.61. The Morgan fingerprint density at radius 1 is 1.18 bits per heavy atom. The minimum atomic E-state index is 0.584. The highest BCUT2D eigenvalue weighted by atomic mass is 35.5. The lowest BCUT2D eigenvalue weighted by molar-refractivity contribution is 1.23. The van der Waals surface area contributed by atoms with Crippen LogP contribution in [0.15, 0.2) is 47.7 Å². The number of aromatic nitrogens is 1. The third kappa shape index (κ3) is 3.44. The molecule has 2 rings (SSSR count). The van der Waals surface area contributed by atoms with Gasteiger partial charge in [0, 0.05) is 27.9 Å². The van der Waals surface area contributed by atoms with Crippen LogP contribution in [0.5, 0.6) is 0 Å². The molecule has 0 amide bonds. The molecular formula is C12H9Cl2N3. The van der Waals surface area contributed by atoms with Gasteiger partial charge in [0.15, 0.2) is 0 Å². The SMILES string of the molecule is Clc1ccnc(N/N=C/c2ccccc2Cl)c1. The van der Waals surface area contributed by atoms with Gasteiger partial charge in [-0.1, -0.05) is 41.4 Å². The average molecular weight is 266 g/mol. The molecule has 0 saturated heterocycles. The number of rotatable bonds is 3. The summed E-state index contributed by atoms with van der Waals surface area (Å²) in [6.07, 6.45) is 3.24. The third-order valence-electron chi connectivity index (χ3n) is 2.01. The normalized spacial score (nSPS) is 10.7. The molecule has 1 aromatic carbocycles. The molecule has 1 N–H and O–H groups in total. The molecule has 3 nitrogen and oxygen atoms in total. The lowest BCUT2D eigenvalue weighted by atomic mass is 10.2. The van der Waals surface area contributed by atoms with Crippen molar-refractivity contribution in [2.45, 2.75) is 0 Å². The fourth-order valence-corrected chi connectivity index (χ4v) is 1.56. The van der Waals surface area contributed by atoms with E-state index in [0.717, 1.165) is 5.56 Å². The smallest absolute Gasteiger partial charge is 0.147 e. The highest BCUT2D eigenvalue weighted by Crippen LogP contribution is 2.13. The van der Waals surface area contributed by atoms with Gasteiger partial charge < -0.3 is 0 Å². The summed E-state index contributed by atoms with van der Waals surface area (Å²) in [7, 11) is 0. The summed E-state index contributed by atoms with van der Waals surface area (Å²) < 4.78 is 0. The lowest BCUT2D eigenvalue weighted by Gasteiger charge is -1.99. The maximum absolute atomic E-state index is 5.98. The van der Waals surface area contributed by atoms with Crippen LogP contribution in [0.2, 0.25) is 10.0 Å². The quantitative estimate of drug-likeness (QED) is 0.677. The first-order chi connectivity index (χ1) is 8.25. The van der Waals surface area contributed by atoms with Crippen LogP contribution in [0, 0.1) is 0 Å². The van der Waals surface area contributed by atoms with E-state index in [1.807, 2.05) is 18.2 Å². The van der Waals surface area contributed by atoms with Crippen molar-refractivity contribution in [3.8, 4) is 0 Å². The third-order valence-corrected chi connectivity index (χ3v) is 2.59. The summed E-state index contributed by atoms with van der Waals surface area (Å²) in [6, 6.07) is 10.8. The van der Waals surface area contributed by atoms with E-state index in [9.17, 15) is 0 Å². The molecule has 0 fully saturated rings. The molecule has 2 aromatic rings. The molecule has 0 spiro atoms. The van der Waals surface area contributed by atoms with Crippen LogP contribution in [-0.2, 0) is 0 Å². The molecule has 0 bridgehead atoms. The molecular weight excluding hydrogens is 257 g/mol. The molecule has 86 valence electrons. The van der Waals surface area contributed by atoms with Crippen molar-refractivity contribution in [2.24, 2.45) is 5.10 Å². The van der Waals surface area contributed by atoms with E-state index in [-0.39, 0.29) is 0 Å². The van der Waals surface area contributed by atoms with Gasteiger partial charge in [-0.05, 0) is 12.1 Å². The highest BCUT2D eigenvalue weighted by molar-refractivity contribution is 6.33. The first-order valence-electron chi connectivity index (χ1n) is 4.91. The summed E-state index contributed by atoms with van der Waals surface area (Å²) in [5, 5.41) is 5.29. The standard InChI is InChI=1S/C12H9Cl2N3/c13-10-5-6-15-12(7-10)17-16-8-9-3-1-2-4-11(9)14/h1-8H,(H,15,17)/b16-8+. The zero-order chi connectivity index (χ0) is 12.1. The van der Waals surface area contributed by atoms with Crippen molar-refractivity contribution in [1.29, 1.82) is 0 Å². The topological polar surface area (TPSA) is 37.3 Å². The van der Waals surface area contributed by atoms with E-state index >= 15 is 0 Å². The predicted molar refractivity (Wildman–Crippen MR) is 71.9 cm³/mol. The first-order valence-corrected chi connectivity index (χ1v) is 5.66. The Labute approximate surface area is 109 Å². The summed E-state index contributed by atoms with van der Waals surface area (Å²) in [6.45, 7) is 0. The van der Waals surface area contributed by atoms with Gasteiger partial charge in [0.25, 0.3) is 0 Å². The van der Waals surface area contributed by atoms with Crippen molar-refractivity contribution in [3.05, 3.63) is 58.2 Å². The van der Waals surface area contributed by atoms with Crippen molar-refractivity contribution in [3.63, 3.8) is 0 Å². The van der Waals surface area contributed by atoms with Crippen molar-refractivity contribution in [2.75, 3.05) is 5.43 Å². The molecule has 5 heteroatoms. The number of benzene rings is 1. The van der Waals surface area contributed by atoms with Crippen molar-refractivity contribution in [1.82, 2.24) is 4.98 Å². The van der Waals surface area contributed by atoms with Gasteiger partial charge in [-0.3, -0.25) is 5.43 Å². The Morgan fingerprint density at radius 2 is 2.00 bits per heavy atom. The van der Waals surface area contributed by atoms with Gasteiger partial charge in [0.05, 0.1) is 6.21 Å². The van der Waals surface area contributed by atoms with E-state index in [0.29, 0.717) is 15.9 Å². The number of halogens is 2. The Morgan fingerprint density at radius 3 is 2.76 bits per heavy atom. The monoisotopic (exact) mass is 265 g/mol. The molecule has 1 heterocycles. The predicted octanol–water partition coefficient (Wildman–Crippen LogP) is 3.83. The second-order valence-electron chi connectivity index (χ2n) is 3.25. The van der Waals surface area contributed by atoms with E-state index in [2.05, 4.69) is 15.5 Å². The average Bonchev–Trinajstić information content (AvgIpc) is 2.32. The van der Waals surface area contributed by atoms with Gasteiger partial charge in [0.1, 0.15) is 5.82 Å². The van der Waals surface area contributed by atoms with Gasteiger partial charge in [0.2, 0.25) is 0 Å². The number of pyridine rings is 1. The van der Waals surface area contributed by atoms with Crippen molar-refractivity contribution >= 4 is 35.2 Å². The molecule has 17 heavy (non-hydrogen) atoms. The van der Waals surface area contributed by atoms with Crippen LogP contribution in [0.4, 0.5) is 5.82 Å². The molecule has 0 unspecified atom stereocenters. The fraction of sp³-hybridized carbons (Fsp3) is 0. The Kier molecular flexibility index (Phi) is 3.96. The molecule has 0 atom stereocenters. The largest absolute Gasteiger partial charge is 0.261 e. The Balaban J connectivity index is 2.06. The molecule has 0 saturated carbocycles. The molecule has 1 aromatic heterocycles. The molecule has 0 aliphatic rings. The highest BCUT2D eigenvalue weighted by Gasteiger charge is 1.95. The second-order valence-corrected chi connectivity index (χ2v) is 4.09. The van der Waals surface area contributed by atoms with Gasteiger partial charge in [-0.25, -0.2) is 4.98 Å². The molecule has 0 radical (unpaired) electrons. The van der Waals surface area contributed by atoms with E-state index in [4.69, 9.17) is 23.2 Å². The zero-order valence-electron chi connectivity index (χ0n) is 8.77. The van der Waals surface area contributed by atoms with Gasteiger partial charge in [-0.2, -0.15) is 5.10 Å². The summed E-state index contributed by atoms with van der Waals surface area (Å²) in [5.74, 6) is 0.584. The molecule has 0 aliphatic heterocycles. The van der Waals surface area contributed by atoms with Crippen LogP contribution in [0.25, 0.3) is 0 Å². The molecule has 0 aliphatic carbocycles. The van der Waals surface area contributed by atoms with Gasteiger partial charge in [-0.15, -0.1) is 0 Å². The van der Waals surface area contributed by atoms with Crippen LogP contribution < -0.4 is 5.43 Å². The minimum absolute atomic E-state index is 0.584. The Hall–Kier alpha value is -1.58. The minimum Gasteiger partial charge on any atom is -0.261 e. The van der Waals surface area contributed by atoms with E-state index in [1.54, 1.807) is 30.6 Å². The maximum atomic E-state index is 5.98. The maximum Gasteiger partial charge on any atom is 0.147 e. The Bertz CT molecular complexity index is 541. The van der Waals surface area contributed by atoms with E-state index < -0.39 is 0 Å². The lowest BCUT2D eigenvalue weighted by Crippen LogP contribution is -1.93.